The number of rotatable bonds is 10. The number of amides is 2. The molecule has 38 heavy (non-hydrogen) atoms. The van der Waals surface area contributed by atoms with Crippen LogP contribution in [0.15, 0.2) is 36.4 Å². The van der Waals surface area contributed by atoms with E-state index < -0.39 is 28.5 Å². The van der Waals surface area contributed by atoms with Crippen molar-refractivity contribution in [2.24, 2.45) is 0 Å². The van der Waals surface area contributed by atoms with Gasteiger partial charge in [0.15, 0.2) is 11.5 Å². The Morgan fingerprint density at radius 1 is 1.05 bits per heavy atom. The van der Waals surface area contributed by atoms with E-state index in [1.54, 1.807) is 30.3 Å². The standard InChI is InChI=1S/C26H31Cl2N3O6S/c1-3-22(26(33)29-18-6-4-5-7-18)30(14-17-8-10-20(27)21(28)12-17)25(32)15-31(38(2,34)35)19-9-11-23-24(13-19)37-16-36-23/h8-13,18,22H,3-7,14-16H2,1-2H3,(H,29,33)/t22-/m1/s1. The number of ether oxygens (including phenoxy) is 2. The van der Waals surface area contributed by atoms with Gasteiger partial charge in [0.25, 0.3) is 0 Å². The Bertz CT molecular complexity index is 1300. The SMILES string of the molecule is CC[C@H](C(=O)NC1CCCC1)N(Cc1ccc(Cl)c(Cl)c1)C(=O)CN(c1ccc2c(c1)OCO2)S(C)(=O)=O. The predicted molar refractivity (Wildman–Crippen MR) is 146 cm³/mol. The molecule has 0 spiro atoms. The van der Waals surface area contributed by atoms with Crippen molar-refractivity contribution in [3.05, 3.63) is 52.0 Å². The number of fused-ring (bicyclic) bond motifs is 1. The number of hydrogen-bond donors (Lipinski definition) is 1. The molecule has 12 heteroatoms. The quantitative estimate of drug-likeness (QED) is 0.445. The smallest absolute Gasteiger partial charge is 0.244 e. The zero-order valence-electron chi connectivity index (χ0n) is 21.3. The van der Waals surface area contributed by atoms with Crippen LogP contribution in [0.1, 0.15) is 44.6 Å². The average molecular weight is 585 g/mol. The van der Waals surface area contributed by atoms with Crippen molar-refractivity contribution in [2.45, 2.75) is 57.7 Å². The maximum atomic E-state index is 13.8. The lowest BCUT2D eigenvalue weighted by molar-refractivity contribution is -0.140. The van der Waals surface area contributed by atoms with E-state index in [0.717, 1.165) is 36.2 Å². The summed E-state index contributed by atoms with van der Waals surface area (Å²) in [5.41, 5.74) is 0.914. The van der Waals surface area contributed by atoms with Gasteiger partial charge in [-0.15, -0.1) is 0 Å². The van der Waals surface area contributed by atoms with Gasteiger partial charge in [-0.25, -0.2) is 8.42 Å². The summed E-state index contributed by atoms with van der Waals surface area (Å²) >= 11 is 12.3. The lowest BCUT2D eigenvalue weighted by atomic mass is 10.1. The van der Waals surface area contributed by atoms with Crippen LogP contribution in [0.2, 0.25) is 10.0 Å². The van der Waals surface area contributed by atoms with Gasteiger partial charge in [-0.2, -0.15) is 0 Å². The summed E-state index contributed by atoms with van der Waals surface area (Å²) in [5.74, 6) is 0.0809. The molecule has 1 aliphatic carbocycles. The Labute approximate surface area is 233 Å². The molecule has 206 valence electrons. The second-order valence-corrected chi connectivity index (χ2v) is 12.2. The minimum atomic E-state index is -3.87. The van der Waals surface area contributed by atoms with Crippen LogP contribution in [0.25, 0.3) is 0 Å². The van der Waals surface area contributed by atoms with Crippen LogP contribution < -0.4 is 19.1 Å². The van der Waals surface area contributed by atoms with Crippen LogP contribution in [0.4, 0.5) is 5.69 Å². The third-order valence-electron chi connectivity index (χ3n) is 6.75. The van der Waals surface area contributed by atoms with E-state index in [4.69, 9.17) is 32.7 Å². The monoisotopic (exact) mass is 583 g/mol. The molecule has 0 aromatic heterocycles. The number of hydrogen-bond acceptors (Lipinski definition) is 6. The minimum absolute atomic E-state index is 0.0301. The molecule has 2 aliphatic rings. The van der Waals surface area contributed by atoms with Crippen molar-refractivity contribution >= 4 is 50.7 Å². The van der Waals surface area contributed by atoms with Crippen molar-refractivity contribution in [3.63, 3.8) is 0 Å². The average Bonchev–Trinajstić information content (AvgIpc) is 3.55. The van der Waals surface area contributed by atoms with E-state index in [0.29, 0.717) is 33.5 Å². The molecule has 0 bridgehead atoms. The van der Waals surface area contributed by atoms with Crippen molar-refractivity contribution in [2.75, 3.05) is 23.9 Å². The lowest BCUT2D eigenvalue weighted by Crippen LogP contribution is -2.53. The van der Waals surface area contributed by atoms with E-state index in [-0.39, 0.29) is 31.0 Å². The summed E-state index contributed by atoms with van der Waals surface area (Å²) in [5, 5.41) is 3.76. The first kappa shape index (κ1) is 28.3. The second-order valence-electron chi connectivity index (χ2n) is 9.49. The number of nitrogens with zero attached hydrogens (tertiary/aromatic N) is 2. The van der Waals surface area contributed by atoms with Crippen LogP contribution in [0.3, 0.4) is 0 Å². The minimum Gasteiger partial charge on any atom is -0.454 e. The van der Waals surface area contributed by atoms with E-state index in [1.165, 1.54) is 11.0 Å². The van der Waals surface area contributed by atoms with E-state index in [2.05, 4.69) is 5.32 Å². The summed E-state index contributed by atoms with van der Waals surface area (Å²) < 4.78 is 37.3. The molecule has 1 saturated carbocycles. The highest BCUT2D eigenvalue weighted by Crippen LogP contribution is 2.36. The van der Waals surface area contributed by atoms with E-state index in [9.17, 15) is 18.0 Å². The van der Waals surface area contributed by atoms with Crippen LogP contribution in [0.5, 0.6) is 11.5 Å². The molecule has 4 rings (SSSR count). The summed E-state index contributed by atoms with van der Waals surface area (Å²) in [6.07, 6.45) is 5.26. The lowest BCUT2D eigenvalue weighted by Gasteiger charge is -2.33. The van der Waals surface area contributed by atoms with Crippen molar-refractivity contribution < 1.29 is 27.5 Å². The molecule has 2 amide bonds. The highest BCUT2D eigenvalue weighted by Gasteiger charge is 2.33. The Morgan fingerprint density at radius 3 is 2.42 bits per heavy atom. The summed E-state index contributed by atoms with van der Waals surface area (Å²) in [6, 6.07) is 8.91. The van der Waals surface area contributed by atoms with E-state index in [1.807, 2.05) is 6.92 Å². The Hall–Kier alpha value is -2.69. The number of carbonyl (C=O) groups excluding carboxylic acids is 2. The van der Waals surface area contributed by atoms with Crippen LogP contribution in [-0.4, -0.2) is 56.8 Å². The summed E-state index contributed by atoms with van der Waals surface area (Å²) in [6.45, 7) is 1.39. The highest BCUT2D eigenvalue weighted by molar-refractivity contribution is 7.92. The molecule has 2 aromatic rings. The van der Waals surface area contributed by atoms with Crippen molar-refractivity contribution in [1.29, 1.82) is 0 Å². The van der Waals surface area contributed by atoms with Crippen molar-refractivity contribution in [1.82, 2.24) is 10.2 Å². The fourth-order valence-electron chi connectivity index (χ4n) is 4.78. The molecule has 2 aromatic carbocycles. The Balaban J connectivity index is 1.64. The number of sulfonamides is 1. The molecule has 1 atom stereocenters. The summed E-state index contributed by atoms with van der Waals surface area (Å²) in [7, 11) is -3.87. The maximum Gasteiger partial charge on any atom is 0.244 e. The highest BCUT2D eigenvalue weighted by atomic mass is 35.5. The molecule has 1 heterocycles. The zero-order valence-corrected chi connectivity index (χ0v) is 23.6. The van der Waals surface area contributed by atoms with Crippen LogP contribution in [-0.2, 0) is 26.2 Å². The molecule has 1 N–H and O–H groups in total. The first-order valence-electron chi connectivity index (χ1n) is 12.5. The molecule has 0 radical (unpaired) electrons. The predicted octanol–water partition coefficient (Wildman–Crippen LogP) is 4.35. The molecule has 9 nitrogen and oxygen atoms in total. The molecule has 1 fully saturated rings. The van der Waals surface area contributed by atoms with Gasteiger partial charge >= 0.3 is 0 Å². The Kier molecular flexibility index (Phi) is 8.95. The largest absolute Gasteiger partial charge is 0.454 e. The van der Waals surface area contributed by atoms with Crippen LogP contribution in [0, 0.1) is 0 Å². The third-order valence-corrected chi connectivity index (χ3v) is 8.63. The van der Waals surface area contributed by atoms with Gasteiger partial charge in [0.2, 0.25) is 28.6 Å². The number of anilines is 1. The van der Waals surface area contributed by atoms with Gasteiger partial charge in [-0.1, -0.05) is 49.0 Å². The fourth-order valence-corrected chi connectivity index (χ4v) is 5.94. The van der Waals surface area contributed by atoms with Gasteiger partial charge in [0.1, 0.15) is 12.6 Å². The summed E-state index contributed by atoms with van der Waals surface area (Å²) in [4.78, 5) is 28.6. The van der Waals surface area contributed by atoms with Crippen LogP contribution >= 0.6 is 23.2 Å². The number of carbonyl (C=O) groups is 2. The zero-order chi connectivity index (χ0) is 27.4. The molecule has 0 saturated heterocycles. The number of benzene rings is 2. The van der Waals surface area contributed by atoms with Gasteiger partial charge in [-0.05, 0) is 49.1 Å². The molecule has 0 unspecified atom stereocenters. The van der Waals surface area contributed by atoms with Gasteiger partial charge in [-0.3, -0.25) is 13.9 Å². The normalized spacial score (nSPS) is 15.8. The first-order chi connectivity index (χ1) is 18.1. The maximum absolute atomic E-state index is 13.8. The fraction of sp³-hybridized carbons (Fsp3) is 0.462. The second kappa shape index (κ2) is 12.0. The van der Waals surface area contributed by atoms with Gasteiger partial charge < -0.3 is 19.7 Å². The van der Waals surface area contributed by atoms with Crippen molar-refractivity contribution in [3.8, 4) is 11.5 Å². The molecule has 1 aliphatic heterocycles. The topological polar surface area (TPSA) is 105 Å². The Morgan fingerprint density at radius 2 is 1.76 bits per heavy atom. The molecular weight excluding hydrogens is 553 g/mol. The van der Waals surface area contributed by atoms with E-state index >= 15 is 0 Å². The first-order valence-corrected chi connectivity index (χ1v) is 15.1. The number of halogens is 2. The van der Waals surface area contributed by atoms with Gasteiger partial charge in [0.05, 0.1) is 22.0 Å². The third kappa shape index (κ3) is 6.65. The van der Waals surface area contributed by atoms with Gasteiger partial charge in [0, 0.05) is 18.7 Å². The number of nitrogens with one attached hydrogen (secondary N) is 1. The molecular formula is C26H31Cl2N3O6S.